The van der Waals surface area contributed by atoms with Gasteiger partial charge in [0.25, 0.3) is 0 Å². The summed E-state index contributed by atoms with van der Waals surface area (Å²) < 4.78 is 0. The summed E-state index contributed by atoms with van der Waals surface area (Å²) in [4.78, 5) is 8.51. The highest BCUT2D eigenvalue weighted by molar-refractivity contribution is 5.51. The lowest BCUT2D eigenvalue weighted by atomic mass is 9.80. The minimum Gasteiger partial charge on any atom is -0.370 e. The maximum Gasteiger partial charge on any atom is 0.223 e. The smallest absolute Gasteiger partial charge is 0.223 e. The molecule has 0 radical (unpaired) electrons. The highest BCUT2D eigenvalue weighted by Crippen LogP contribution is 2.30. The van der Waals surface area contributed by atoms with Gasteiger partial charge in [0.1, 0.15) is 11.6 Å². The molecule has 1 aromatic heterocycles. The first kappa shape index (κ1) is 14.9. The van der Waals surface area contributed by atoms with Gasteiger partial charge in [0, 0.05) is 18.7 Å². The Morgan fingerprint density at radius 3 is 2.45 bits per heavy atom. The fourth-order valence-corrected chi connectivity index (χ4v) is 3.16. The Kier molecular flexibility index (Phi) is 5.04. The molecule has 2 rings (SSSR count). The molecule has 0 saturated heterocycles. The summed E-state index contributed by atoms with van der Waals surface area (Å²) in [6.07, 6.45) is 4.79. The van der Waals surface area contributed by atoms with Crippen LogP contribution in [0.1, 0.15) is 46.5 Å². The highest BCUT2D eigenvalue weighted by atomic mass is 15.1. The molecule has 1 fully saturated rings. The molecule has 2 unspecified atom stereocenters. The molecule has 112 valence electrons. The zero-order valence-corrected chi connectivity index (χ0v) is 12.8. The summed E-state index contributed by atoms with van der Waals surface area (Å²) in [6.45, 7) is 7.68. The Morgan fingerprint density at radius 2 is 1.80 bits per heavy atom. The Morgan fingerprint density at radius 1 is 1.15 bits per heavy atom. The molecule has 2 atom stereocenters. The number of hydrogen-bond acceptors (Lipinski definition) is 5. The molecular weight excluding hydrogens is 250 g/mol. The van der Waals surface area contributed by atoms with Crippen molar-refractivity contribution in [2.24, 2.45) is 11.8 Å². The van der Waals surface area contributed by atoms with Crippen LogP contribution in [0.3, 0.4) is 0 Å². The number of hydrogen-bond donors (Lipinski definition) is 3. The van der Waals surface area contributed by atoms with E-state index in [2.05, 4.69) is 41.4 Å². The zero-order valence-electron chi connectivity index (χ0n) is 12.8. The van der Waals surface area contributed by atoms with E-state index in [4.69, 9.17) is 5.73 Å². The summed E-state index contributed by atoms with van der Waals surface area (Å²) in [6, 6.07) is 2.44. The van der Waals surface area contributed by atoms with Crippen molar-refractivity contribution in [1.82, 2.24) is 9.97 Å². The number of nitrogens with zero attached hydrogens (tertiary/aromatic N) is 2. The topological polar surface area (TPSA) is 75.9 Å². The van der Waals surface area contributed by atoms with E-state index < -0.39 is 0 Å². The van der Waals surface area contributed by atoms with Gasteiger partial charge in [0.05, 0.1) is 0 Å². The van der Waals surface area contributed by atoms with Crippen molar-refractivity contribution in [2.75, 3.05) is 22.9 Å². The summed E-state index contributed by atoms with van der Waals surface area (Å²) >= 11 is 0. The number of nitrogen functional groups attached to an aromatic ring is 1. The largest absolute Gasteiger partial charge is 0.370 e. The van der Waals surface area contributed by atoms with Gasteiger partial charge in [0.2, 0.25) is 5.95 Å². The maximum absolute atomic E-state index is 5.79. The van der Waals surface area contributed by atoms with Crippen LogP contribution in [0, 0.1) is 11.8 Å². The van der Waals surface area contributed by atoms with Gasteiger partial charge >= 0.3 is 0 Å². The van der Waals surface area contributed by atoms with Crippen molar-refractivity contribution in [3.8, 4) is 0 Å². The average Bonchev–Trinajstić information content (AvgIpc) is 2.34. The quantitative estimate of drug-likeness (QED) is 0.771. The minimum absolute atomic E-state index is 0.325. The molecule has 1 aliphatic carbocycles. The second-order valence-corrected chi connectivity index (χ2v) is 6.18. The van der Waals surface area contributed by atoms with Crippen LogP contribution in [0.5, 0.6) is 0 Å². The summed E-state index contributed by atoms with van der Waals surface area (Å²) in [5, 5.41) is 6.79. The molecule has 1 aromatic rings. The van der Waals surface area contributed by atoms with E-state index in [-0.39, 0.29) is 0 Å². The molecule has 4 N–H and O–H groups in total. The SMILES string of the molecule is CCCNc1cc(NC2CC(C)CC(C)C2)nc(N)n1. The molecule has 0 aromatic carbocycles. The molecule has 0 spiro atoms. The lowest BCUT2D eigenvalue weighted by Crippen LogP contribution is -2.30. The van der Waals surface area contributed by atoms with Crippen LogP contribution in [0.2, 0.25) is 0 Å². The highest BCUT2D eigenvalue weighted by Gasteiger charge is 2.24. The molecule has 5 nitrogen and oxygen atoms in total. The molecule has 1 saturated carbocycles. The zero-order chi connectivity index (χ0) is 14.5. The predicted molar refractivity (Wildman–Crippen MR) is 84.8 cm³/mol. The van der Waals surface area contributed by atoms with E-state index in [9.17, 15) is 0 Å². The Hall–Kier alpha value is -1.52. The second kappa shape index (κ2) is 6.77. The van der Waals surface area contributed by atoms with Gasteiger partial charge in [-0.3, -0.25) is 0 Å². The van der Waals surface area contributed by atoms with Crippen LogP contribution in [0.4, 0.5) is 17.6 Å². The van der Waals surface area contributed by atoms with E-state index in [1.54, 1.807) is 0 Å². The number of aromatic nitrogens is 2. The third-order valence-electron chi connectivity index (χ3n) is 3.83. The normalized spacial score (nSPS) is 26.2. The molecule has 0 amide bonds. The van der Waals surface area contributed by atoms with E-state index in [1.807, 2.05) is 6.07 Å². The second-order valence-electron chi connectivity index (χ2n) is 6.18. The third-order valence-corrected chi connectivity index (χ3v) is 3.83. The van der Waals surface area contributed by atoms with Crippen LogP contribution in [0.15, 0.2) is 6.07 Å². The fourth-order valence-electron chi connectivity index (χ4n) is 3.16. The van der Waals surface area contributed by atoms with Crippen LogP contribution >= 0.6 is 0 Å². The predicted octanol–water partition coefficient (Wildman–Crippen LogP) is 3.12. The molecule has 0 aliphatic heterocycles. The van der Waals surface area contributed by atoms with Gasteiger partial charge in [-0.2, -0.15) is 9.97 Å². The fraction of sp³-hybridized carbons (Fsp3) is 0.733. The molecular formula is C15H27N5. The summed E-state index contributed by atoms with van der Waals surface area (Å²) in [7, 11) is 0. The van der Waals surface area contributed by atoms with Crippen molar-refractivity contribution in [3.63, 3.8) is 0 Å². The van der Waals surface area contributed by atoms with Crippen LogP contribution < -0.4 is 16.4 Å². The molecule has 0 bridgehead atoms. The van der Waals surface area contributed by atoms with Crippen LogP contribution in [-0.4, -0.2) is 22.6 Å². The number of nitrogens with one attached hydrogen (secondary N) is 2. The van der Waals surface area contributed by atoms with Gasteiger partial charge in [0.15, 0.2) is 0 Å². The first-order valence-electron chi connectivity index (χ1n) is 7.71. The van der Waals surface area contributed by atoms with Gasteiger partial charge in [-0.25, -0.2) is 0 Å². The van der Waals surface area contributed by atoms with Crippen LogP contribution in [0.25, 0.3) is 0 Å². The van der Waals surface area contributed by atoms with Crippen molar-refractivity contribution in [1.29, 1.82) is 0 Å². The van der Waals surface area contributed by atoms with E-state index in [1.165, 1.54) is 19.3 Å². The summed E-state index contributed by atoms with van der Waals surface area (Å²) in [5.41, 5.74) is 5.79. The first-order valence-corrected chi connectivity index (χ1v) is 7.71. The number of rotatable bonds is 5. The Balaban J connectivity index is 2.02. The van der Waals surface area contributed by atoms with E-state index in [0.29, 0.717) is 12.0 Å². The van der Waals surface area contributed by atoms with Gasteiger partial charge in [-0.1, -0.05) is 20.8 Å². The first-order chi connectivity index (χ1) is 9.56. The molecule has 20 heavy (non-hydrogen) atoms. The third kappa shape index (κ3) is 4.25. The molecule has 1 aliphatic rings. The van der Waals surface area contributed by atoms with E-state index in [0.717, 1.165) is 36.4 Å². The van der Waals surface area contributed by atoms with Gasteiger partial charge in [-0.15, -0.1) is 0 Å². The average molecular weight is 277 g/mol. The Bertz CT molecular complexity index is 424. The van der Waals surface area contributed by atoms with Crippen molar-refractivity contribution >= 4 is 17.6 Å². The van der Waals surface area contributed by atoms with E-state index >= 15 is 0 Å². The van der Waals surface area contributed by atoms with Crippen molar-refractivity contribution in [3.05, 3.63) is 6.07 Å². The minimum atomic E-state index is 0.325. The van der Waals surface area contributed by atoms with Crippen LogP contribution in [-0.2, 0) is 0 Å². The van der Waals surface area contributed by atoms with Gasteiger partial charge < -0.3 is 16.4 Å². The maximum atomic E-state index is 5.79. The molecule has 1 heterocycles. The monoisotopic (exact) mass is 277 g/mol. The summed E-state index contributed by atoms with van der Waals surface area (Å²) in [5.74, 6) is 3.51. The van der Waals surface area contributed by atoms with Gasteiger partial charge in [-0.05, 0) is 37.5 Å². The van der Waals surface area contributed by atoms with Crippen molar-refractivity contribution in [2.45, 2.75) is 52.5 Å². The molecule has 5 heteroatoms. The van der Waals surface area contributed by atoms with Crippen molar-refractivity contribution < 1.29 is 0 Å². The standard InChI is InChI=1S/C15H27N5/c1-4-5-17-13-9-14(20-15(16)19-13)18-12-7-10(2)6-11(3)8-12/h9-12H,4-8H2,1-3H3,(H4,16,17,18,19,20). The lowest BCUT2D eigenvalue weighted by Gasteiger charge is -2.32. The number of anilines is 3. The Labute approximate surface area is 121 Å². The number of nitrogens with two attached hydrogens (primary N) is 1. The lowest BCUT2D eigenvalue weighted by molar-refractivity contribution is 0.280.